The van der Waals surface area contributed by atoms with Gasteiger partial charge in [0, 0.05) is 12.0 Å². The van der Waals surface area contributed by atoms with Crippen molar-refractivity contribution < 1.29 is 22.4 Å². The van der Waals surface area contributed by atoms with Gasteiger partial charge in [-0.05, 0) is 50.0 Å². The summed E-state index contributed by atoms with van der Waals surface area (Å²) in [5, 5.41) is 3.15. The van der Waals surface area contributed by atoms with E-state index in [1.807, 2.05) is 0 Å². The van der Waals surface area contributed by atoms with Crippen LogP contribution in [0.5, 0.6) is 0 Å². The van der Waals surface area contributed by atoms with Crippen LogP contribution in [0.15, 0.2) is 18.2 Å². The van der Waals surface area contributed by atoms with Gasteiger partial charge < -0.3 is 5.32 Å². The minimum Gasteiger partial charge on any atom is -0.317 e. The first-order chi connectivity index (χ1) is 9.38. The Labute approximate surface area is 114 Å². The van der Waals surface area contributed by atoms with Crippen LogP contribution in [-0.2, 0) is 6.18 Å². The number of rotatable bonds is 3. The average Bonchev–Trinajstić information content (AvgIpc) is 2.39. The summed E-state index contributed by atoms with van der Waals surface area (Å²) in [5.41, 5.74) is -1.45. The van der Waals surface area contributed by atoms with E-state index in [9.17, 15) is 22.4 Å². The van der Waals surface area contributed by atoms with Gasteiger partial charge in [-0.1, -0.05) is 0 Å². The largest absolute Gasteiger partial charge is 0.419 e. The maximum absolute atomic E-state index is 13.1. The topological polar surface area (TPSA) is 29.1 Å². The van der Waals surface area contributed by atoms with E-state index in [2.05, 4.69) is 5.32 Å². The number of alkyl halides is 3. The zero-order valence-electron chi connectivity index (χ0n) is 10.8. The van der Waals surface area contributed by atoms with Gasteiger partial charge in [0.25, 0.3) is 0 Å². The third kappa shape index (κ3) is 3.56. The first kappa shape index (κ1) is 15.0. The molecule has 0 amide bonds. The van der Waals surface area contributed by atoms with E-state index in [1.165, 1.54) is 0 Å². The van der Waals surface area contributed by atoms with Crippen LogP contribution in [0, 0.1) is 11.7 Å². The number of nitrogens with one attached hydrogen (secondary N) is 1. The molecule has 0 spiro atoms. The molecule has 0 unspecified atom stereocenters. The molecular weight excluding hydrogens is 274 g/mol. The molecule has 2 nitrogen and oxygen atoms in total. The van der Waals surface area contributed by atoms with Crippen LogP contribution < -0.4 is 5.32 Å². The van der Waals surface area contributed by atoms with Crippen molar-refractivity contribution in [1.82, 2.24) is 5.32 Å². The quantitative estimate of drug-likeness (QED) is 0.682. The first-order valence-corrected chi connectivity index (χ1v) is 6.48. The molecule has 6 heteroatoms. The van der Waals surface area contributed by atoms with Gasteiger partial charge >= 0.3 is 6.18 Å². The number of ketones is 1. The number of halogens is 4. The summed E-state index contributed by atoms with van der Waals surface area (Å²) in [5.74, 6) is -1.53. The van der Waals surface area contributed by atoms with Crippen molar-refractivity contribution in [2.24, 2.45) is 5.92 Å². The summed E-state index contributed by atoms with van der Waals surface area (Å²) < 4.78 is 50.9. The van der Waals surface area contributed by atoms with Crippen LogP contribution in [0.2, 0.25) is 0 Å². The van der Waals surface area contributed by atoms with Crippen molar-refractivity contribution in [2.45, 2.75) is 25.4 Å². The fourth-order valence-electron chi connectivity index (χ4n) is 2.38. The fraction of sp³-hybridized carbons (Fsp3) is 0.500. The first-order valence-electron chi connectivity index (χ1n) is 6.48. The second-order valence-electron chi connectivity index (χ2n) is 5.01. The molecule has 1 aliphatic rings. The highest BCUT2D eigenvalue weighted by atomic mass is 19.4. The molecule has 0 bridgehead atoms. The van der Waals surface area contributed by atoms with E-state index in [-0.39, 0.29) is 23.7 Å². The zero-order chi connectivity index (χ0) is 14.8. The lowest BCUT2D eigenvalue weighted by atomic mass is 9.90. The van der Waals surface area contributed by atoms with Crippen molar-refractivity contribution in [3.05, 3.63) is 35.1 Å². The van der Waals surface area contributed by atoms with E-state index in [0.717, 1.165) is 32.0 Å². The van der Waals surface area contributed by atoms with Crippen LogP contribution in [0.1, 0.15) is 35.2 Å². The lowest BCUT2D eigenvalue weighted by molar-refractivity contribution is -0.140. The van der Waals surface area contributed by atoms with Gasteiger partial charge in [0.1, 0.15) is 5.82 Å². The zero-order valence-corrected chi connectivity index (χ0v) is 10.8. The maximum Gasteiger partial charge on any atom is 0.419 e. The highest BCUT2D eigenvalue weighted by Gasteiger charge is 2.34. The third-order valence-corrected chi connectivity index (χ3v) is 3.53. The lowest BCUT2D eigenvalue weighted by Gasteiger charge is -2.21. The molecule has 0 saturated carbocycles. The number of carbonyl (C=O) groups excluding carboxylic acids is 1. The van der Waals surface area contributed by atoms with Crippen molar-refractivity contribution in [3.63, 3.8) is 0 Å². The number of hydrogen-bond acceptors (Lipinski definition) is 2. The van der Waals surface area contributed by atoms with E-state index >= 15 is 0 Å². The second kappa shape index (κ2) is 5.91. The molecule has 1 saturated heterocycles. The predicted octanol–water partition coefficient (Wildman–Crippen LogP) is 3.42. The van der Waals surface area contributed by atoms with Crippen LogP contribution >= 0.6 is 0 Å². The summed E-state index contributed by atoms with van der Waals surface area (Å²) in [6.07, 6.45) is -2.90. The molecular formula is C14H15F4NO. The molecule has 1 aliphatic heterocycles. The van der Waals surface area contributed by atoms with Crippen LogP contribution in [0.3, 0.4) is 0 Å². The molecule has 0 aromatic heterocycles. The number of Topliss-reactive ketones (excluding diaryl/α,β-unsaturated/α-hetero) is 1. The van der Waals surface area contributed by atoms with Gasteiger partial charge in [-0.2, -0.15) is 13.2 Å². The van der Waals surface area contributed by atoms with Crippen molar-refractivity contribution in [2.75, 3.05) is 13.1 Å². The Morgan fingerprint density at radius 2 is 1.90 bits per heavy atom. The fourth-order valence-corrected chi connectivity index (χ4v) is 2.38. The Hall–Kier alpha value is -1.43. The number of benzene rings is 1. The third-order valence-electron chi connectivity index (χ3n) is 3.53. The van der Waals surface area contributed by atoms with Gasteiger partial charge in [0.2, 0.25) is 0 Å². The molecule has 1 aromatic rings. The molecule has 1 aromatic carbocycles. The minimum absolute atomic E-state index is 0.0720. The van der Waals surface area contributed by atoms with Crippen molar-refractivity contribution in [3.8, 4) is 0 Å². The lowest BCUT2D eigenvalue weighted by Crippen LogP contribution is -2.29. The Bertz CT molecular complexity index is 492. The Morgan fingerprint density at radius 1 is 1.25 bits per heavy atom. The molecule has 20 heavy (non-hydrogen) atoms. The molecule has 1 heterocycles. The number of carbonyl (C=O) groups is 1. The molecule has 1 fully saturated rings. The Morgan fingerprint density at radius 3 is 2.50 bits per heavy atom. The Balaban J connectivity index is 2.13. The Kier molecular flexibility index (Phi) is 4.42. The molecule has 0 radical (unpaired) electrons. The van der Waals surface area contributed by atoms with Crippen molar-refractivity contribution in [1.29, 1.82) is 0 Å². The van der Waals surface area contributed by atoms with Crippen LogP contribution in [0.4, 0.5) is 17.6 Å². The van der Waals surface area contributed by atoms with E-state index < -0.39 is 17.6 Å². The van der Waals surface area contributed by atoms with Gasteiger partial charge in [0.05, 0.1) is 5.56 Å². The monoisotopic (exact) mass is 289 g/mol. The highest BCUT2D eigenvalue weighted by molar-refractivity contribution is 5.96. The van der Waals surface area contributed by atoms with Gasteiger partial charge in [0.15, 0.2) is 5.78 Å². The second-order valence-corrected chi connectivity index (χ2v) is 5.01. The maximum atomic E-state index is 13.1. The van der Waals surface area contributed by atoms with E-state index in [4.69, 9.17) is 0 Å². The smallest absolute Gasteiger partial charge is 0.317 e. The highest BCUT2D eigenvalue weighted by Crippen LogP contribution is 2.32. The molecule has 0 aliphatic carbocycles. The normalized spacial score (nSPS) is 17.2. The summed E-state index contributed by atoms with van der Waals surface area (Å²) in [6, 6.07) is 2.44. The summed E-state index contributed by atoms with van der Waals surface area (Å²) in [6.45, 7) is 1.63. The van der Waals surface area contributed by atoms with E-state index in [1.54, 1.807) is 0 Å². The SMILES string of the molecule is O=C(CC1CCNCC1)c1ccc(F)c(C(F)(F)F)c1. The number of piperidine rings is 1. The molecule has 1 N–H and O–H groups in total. The minimum atomic E-state index is -4.78. The molecule has 110 valence electrons. The standard InChI is InChI=1S/C14H15F4NO/c15-12-2-1-10(8-11(12)14(16,17)18)13(20)7-9-3-5-19-6-4-9/h1-2,8-9,19H,3-7H2. The van der Waals surface area contributed by atoms with Gasteiger partial charge in [-0.3, -0.25) is 4.79 Å². The average molecular weight is 289 g/mol. The number of hydrogen-bond donors (Lipinski definition) is 1. The summed E-state index contributed by atoms with van der Waals surface area (Å²) in [4.78, 5) is 12.0. The van der Waals surface area contributed by atoms with E-state index in [0.29, 0.717) is 12.1 Å². The summed E-state index contributed by atoms with van der Waals surface area (Å²) >= 11 is 0. The van der Waals surface area contributed by atoms with Crippen molar-refractivity contribution >= 4 is 5.78 Å². The molecule has 0 atom stereocenters. The van der Waals surface area contributed by atoms with Crippen LogP contribution in [0.25, 0.3) is 0 Å². The van der Waals surface area contributed by atoms with Gasteiger partial charge in [-0.25, -0.2) is 4.39 Å². The predicted molar refractivity (Wildman–Crippen MR) is 65.9 cm³/mol. The molecule has 2 rings (SSSR count). The summed E-state index contributed by atoms with van der Waals surface area (Å²) in [7, 11) is 0. The van der Waals surface area contributed by atoms with Crippen LogP contribution in [-0.4, -0.2) is 18.9 Å². The van der Waals surface area contributed by atoms with Gasteiger partial charge in [-0.15, -0.1) is 0 Å².